The zero-order valence-electron chi connectivity index (χ0n) is 10.6. The first kappa shape index (κ1) is 14.2. The minimum atomic E-state index is 0.0675. The van der Waals surface area contributed by atoms with Gasteiger partial charge in [0, 0.05) is 28.3 Å². The monoisotopic (exact) mass is 298 g/mol. The van der Waals surface area contributed by atoms with Crippen molar-refractivity contribution in [2.45, 2.75) is 32.9 Å². The summed E-state index contributed by atoms with van der Waals surface area (Å²) in [6.07, 6.45) is 3.45. The van der Waals surface area contributed by atoms with E-state index in [1.165, 1.54) is 0 Å². The van der Waals surface area contributed by atoms with E-state index in [9.17, 15) is 0 Å². The number of pyridine rings is 1. The molecule has 1 N–H and O–H groups in total. The lowest BCUT2D eigenvalue weighted by molar-refractivity contribution is 0.338. The van der Waals surface area contributed by atoms with Crippen molar-refractivity contribution in [3.63, 3.8) is 0 Å². The molecule has 0 aliphatic heterocycles. The van der Waals surface area contributed by atoms with Crippen LogP contribution in [0.25, 0.3) is 0 Å². The number of hydrogen-bond donors (Lipinski definition) is 1. The van der Waals surface area contributed by atoms with Crippen LogP contribution >= 0.6 is 15.9 Å². The number of ether oxygens (including phenoxy) is 1. The molecule has 0 unspecified atom stereocenters. The van der Waals surface area contributed by atoms with Gasteiger partial charge in [-0.2, -0.15) is 0 Å². The predicted molar refractivity (Wildman–Crippen MR) is 74.2 cm³/mol. The van der Waals surface area contributed by atoms with E-state index in [-0.39, 0.29) is 5.54 Å². The van der Waals surface area contributed by atoms with Gasteiger partial charge in [-0.1, -0.05) is 12.7 Å². The average molecular weight is 299 g/mol. The first-order valence-electron chi connectivity index (χ1n) is 5.55. The summed E-state index contributed by atoms with van der Waals surface area (Å²) in [5.41, 5.74) is 1.11. The Morgan fingerprint density at radius 3 is 2.82 bits per heavy atom. The number of rotatable bonds is 5. The predicted octanol–water partition coefficient (Wildman–Crippen LogP) is 3.30. The molecule has 0 saturated heterocycles. The standard InChI is InChI=1S/C13H19BrN2O/c1-5-6-17-12-10(7-11(14)9-15-12)8-16-13(2,3)4/h5,7,9,16H,1,6,8H2,2-4H3. The smallest absolute Gasteiger partial charge is 0.218 e. The highest BCUT2D eigenvalue weighted by atomic mass is 79.9. The van der Waals surface area contributed by atoms with E-state index in [4.69, 9.17) is 4.74 Å². The SMILES string of the molecule is C=CCOc1ncc(Br)cc1CNC(C)(C)C. The lowest BCUT2D eigenvalue weighted by Crippen LogP contribution is -2.35. The van der Waals surface area contributed by atoms with Crippen LogP contribution in [0.15, 0.2) is 29.4 Å². The second-order valence-electron chi connectivity index (χ2n) is 4.82. The van der Waals surface area contributed by atoms with Crippen molar-refractivity contribution < 1.29 is 4.74 Å². The van der Waals surface area contributed by atoms with E-state index in [2.05, 4.69) is 53.6 Å². The van der Waals surface area contributed by atoms with Gasteiger partial charge in [-0.15, -0.1) is 0 Å². The maximum atomic E-state index is 5.52. The highest BCUT2D eigenvalue weighted by molar-refractivity contribution is 9.10. The van der Waals surface area contributed by atoms with E-state index in [0.717, 1.165) is 16.6 Å². The van der Waals surface area contributed by atoms with E-state index < -0.39 is 0 Å². The van der Waals surface area contributed by atoms with Gasteiger partial charge in [0.2, 0.25) is 5.88 Å². The van der Waals surface area contributed by atoms with Gasteiger partial charge in [-0.05, 0) is 42.8 Å². The van der Waals surface area contributed by atoms with Gasteiger partial charge in [0.05, 0.1) is 0 Å². The van der Waals surface area contributed by atoms with Gasteiger partial charge in [0.1, 0.15) is 6.61 Å². The number of aromatic nitrogens is 1. The summed E-state index contributed by atoms with van der Waals surface area (Å²) in [6, 6.07) is 2.02. The van der Waals surface area contributed by atoms with E-state index >= 15 is 0 Å². The molecular weight excluding hydrogens is 280 g/mol. The summed E-state index contributed by atoms with van der Waals surface area (Å²) < 4.78 is 6.47. The Labute approximate surface area is 111 Å². The summed E-state index contributed by atoms with van der Waals surface area (Å²) in [7, 11) is 0. The Bertz CT molecular complexity index is 385. The lowest BCUT2D eigenvalue weighted by atomic mass is 10.1. The quantitative estimate of drug-likeness (QED) is 0.847. The first-order valence-corrected chi connectivity index (χ1v) is 6.35. The molecule has 0 aliphatic carbocycles. The Hall–Kier alpha value is -0.870. The van der Waals surface area contributed by atoms with Gasteiger partial charge in [0.15, 0.2) is 0 Å². The first-order chi connectivity index (χ1) is 7.92. The highest BCUT2D eigenvalue weighted by Crippen LogP contribution is 2.20. The van der Waals surface area contributed by atoms with Gasteiger partial charge in [-0.25, -0.2) is 4.98 Å². The third kappa shape index (κ3) is 5.33. The van der Waals surface area contributed by atoms with Crippen LogP contribution in [0.4, 0.5) is 0 Å². The zero-order valence-corrected chi connectivity index (χ0v) is 12.2. The van der Waals surface area contributed by atoms with Crippen molar-refractivity contribution in [3.05, 3.63) is 35.0 Å². The van der Waals surface area contributed by atoms with Crippen LogP contribution < -0.4 is 10.1 Å². The minimum Gasteiger partial charge on any atom is -0.473 e. The van der Waals surface area contributed by atoms with E-state index in [1.54, 1.807) is 12.3 Å². The molecule has 0 radical (unpaired) electrons. The topological polar surface area (TPSA) is 34.1 Å². The second-order valence-corrected chi connectivity index (χ2v) is 5.74. The summed E-state index contributed by atoms with van der Waals surface area (Å²) in [5.74, 6) is 0.657. The van der Waals surface area contributed by atoms with Crippen LogP contribution in [0.5, 0.6) is 5.88 Å². The summed E-state index contributed by atoms with van der Waals surface area (Å²) in [5, 5.41) is 3.42. The van der Waals surface area contributed by atoms with Crippen LogP contribution in [-0.4, -0.2) is 17.1 Å². The average Bonchev–Trinajstić information content (AvgIpc) is 2.24. The lowest BCUT2D eigenvalue weighted by Gasteiger charge is -2.21. The molecule has 0 saturated carbocycles. The molecule has 1 rings (SSSR count). The number of hydrogen-bond acceptors (Lipinski definition) is 3. The molecule has 4 heteroatoms. The Kier molecular flexibility index (Phi) is 5.15. The van der Waals surface area contributed by atoms with Crippen molar-refractivity contribution in [2.24, 2.45) is 0 Å². The van der Waals surface area contributed by atoms with Gasteiger partial charge in [0.25, 0.3) is 0 Å². The summed E-state index contributed by atoms with van der Waals surface area (Å²) in [6.45, 7) is 11.2. The third-order valence-corrected chi connectivity index (χ3v) is 2.47. The molecule has 0 amide bonds. The third-order valence-electron chi connectivity index (χ3n) is 2.04. The normalized spacial score (nSPS) is 11.3. The molecule has 0 atom stereocenters. The fourth-order valence-corrected chi connectivity index (χ4v) is 1.60. The van der Waals surface area contributed by atoms with Crippen LogP contribution in [0.1, 0.15) is 26.3 Å². The molecule has 94 valence electrons. The van der Waals surface area contributed by atoms with Crippen LogP contribution in [-0.2, 0) is 6.54 Å². The molecule has 17 heavy (non-hydrogen) atoms. The van der Waals surface area contributed by atoms with Gasteiger partial charge >= 0.3 is 0 Å². The molecule has 0 spiro atoms. The number of nitrogens with one attached hydrogen (secondary N) is 1. The van der Waals surface area contributed by atoms with Gasteiger partial charge in [-0.3, -0.25) is 0 Å². The Balaban J connectivity index is 2.79. The van der Waals surface area contributed by atoms with E-state index in [1.807, 2.05) is 6.07 Å². The maximum absolute atomic E-state index is 5.52. The molecule has 0 fully saturated rings. The maximum Gasteiger partial charge on any atom is 0.218 e. The Morgan fingerprint density at radius 2 is 2.24 bits per heavy atom. The summed E-state index contributed by atoms with van der Waals surface area (Å²) in [4.78, 5) is 4.26. The fraction of sp³-hybridized carbons (Fsp3) is 0.462. The van der Waals surface area contributed by atoms with Crippen LogP contribution in [0, 0.1) is 0 Å². The zero-order chi connectivity index (χ0) is 12.9. The molecule has 0 bridgehead atoms. The molecule has 1 aromatic rings. The largest absolute Gasteiger partial charge is 0.473 e. The van der Waals surface area contributed by atoms with Crippen molar-refractivity contribution >= 4 is 15.9 Å². The van der Waals surface area contributed by atoms with Crippen molar-refractivity contribution in [1.82, 2.24) is 10.3 Å². The minimum absolute atomic E-state index is 0.0675. The Morgan fingerprint density at radius 1 is 1.53 bits per heavy atom. The van der Waals surface area contributed by atoms with Gasteiger partial charge < -0.3 is 10.1 Å². The van der Waals surface area contributed by atoms with Crippen molar-refractivity contribution in [2.75, 3.05) is 6.61 Å². The van der Waals surface area contributed by atoms with E-state index in [0.29, 0.717) is 12.5 Å². The van der Waals surface area contributed by atoms with Crippen molar-refractivity contribution in [3.8, 4) is 5.88 Å². The molecular formula is C13H19BrN2O. The van der Waals surface area contributed by atoms with Crippen LogP contribution in [0.2, 0.25) is 0 Å². The van der Waals surface area contributed by atoms with Crippen molar-refractivity contribution in [1.29, 1.82) is 0 Å². The molecule has 1 aromatic heterocycles. The number of halogens is 1. The molecule has 1 heterocycles. The highest BCUT2D eigenvalue weighted by Gasteiger charge is 2.12. The summed E-state index contributed by atoms with van der Waals surface area (Å²) >= 11 is 3.42. The fourth-order valence-electron chi connectivity index (χ4n) is 1.22. The molecule has 3 nitrogen and oxygen atoms in total. The molecule has 0 aromatic carbocycles. The number of nitrogens with zero attached hydrogens (tertiary/aromatic N) is 1. The second kappa shape index (κ2) is 6.17. The van der Waals surface area contributed by atoms with Crippen LogP contribution in [0.3, 0.4) is 0 Å². The molecule has 0 aliphatic rings.